The lowest BCUT2D eigenvalue weighted by Gasteiger charge is -2.33. The lowest BCUT2D eigenvalue weighted by atomic mass is 9.94. The van der Waals surface area contributed by atoms with Crippen LogP contribution in [0.2, 0.25) is 0 Å². The highest BCUT2D eigenvalue weighted by Gasteiger charge is 2.32. The molecule has 2 aromatic heterocycles. The molecule has 11 heteroatoms. The average molecular weight is 731 g/mol. The van der Waals surface area contributed by atoms with Gasteiger partial charge >= 0.3 is 5.97 Å². The van der Waals surface area contributed by atoms with E-state index in [4.69, 9.17) is 0 Å². The van der Waals surface area contributed by atoms with Crippen LogP contribution < -0.4 is 16.0 Å². The number of carbonyl (C=O) groups excluding carboxylic acids is 2. The van der Waals surface area contributed by atoms with Crippen LogP contribution in [0.25, 0.3) is 11.1 Å². The van der Waals surface area contributed by atoms with Gasteiger partial charge in [-0.25, -0.2) is 0 Å². The predicted molar refractivity (Wildman–Crippen MR) is 209 cm³/mol. The minimum Gasteiger partial charge on any atom is -0.480 e. The molecule has 3 aliphatic rings. The van der Waals surface area contributed by atoms with Gasteiger partial charge in [0.15, 0.2) is 0 Å². The van der Waals surface area contributed by atoms with Gasteiger partial charge in [-0.2, -0.15) is 0 Å². The first-order valence-corrected chi connectivity index (χ1v) is 19.2. The van der Waals surface area contributed by atoms with E-state index in [1.54, 1.807) is 12.4 Å². The van der Waals surface area contributed by atoms with Gasteiger partial charge in [-0.15, -0.1) is 0 Å². The number of benzene rings is 2. The number of aliphatic hydroxyl groups excluding tert-OH is 1. The monoisotopic (exact) mass is 730 g/mol. The minimum atomic E-state index is -0.781. The number of likely N-dealkylation sites (tertiary alicyclic amines) is 1. The fraction of sp³-hybridized carbons (Fsp3) is 0.419. The number of aliphatic hydroxyl groups is 1. The summed E-state index contributed by atoms with van der Waals surface area (Å²) in [6.07, 6.45) is 10.4. The number of aromatic nitrogens is 2. The summed E-state index contributed by atoms with van der Waals surface area (Å²) in [6, 6.07) is 14.9. The Morgan fingerprint density at radius 2 is 1.33 bits per heavy atom. The zero-order chi connectivity index (χ0) is 37.9. The molecule has 2 aromatic carbocycles. The number of piperidine rings is 1. The van der Waals surface area contributed by atoms with Crippen LogP contribution in [0.3, 0.4) is 0 Å². The Hall–Kier alpha value is -4.97. The normalized spacial score (nSPS) is 17.9. The van der Waals surface area contributed by atoms with Crippen molar-refractivity contribution in [3.8, 4) is 11.1 Å². The zero-order valence-electron chi connectivity index (χ0n) is 31.3. The third-order valence-electron chi connectivity index (χ3n) is 11.2. The molecule has 7 rings (SSSR count). The summed E-state index contributed by atoms with van der Waals surface area (Å²) in [5.74, 6) is -0.570. The van der Waals surface area contributed by atoms with Crippen molar-refractivity contribution in [1.29, 1.82) is 0 Å². The molecule has 1 aliphatic heterocycles. The van der Waals surface area contributed by atoms with Crippen LogP contribution in [0.1, 0.15) is 118 Å². The fourth-order valence-electron chi connectivity index (χ4n) is 7.60. The van der Waals surface area contributed by atoms with Gasteiger partial charge in [0, 0.05) is 42.9 Å². The SMILES string of the molecule is Cc1c(NC(=O)c2cc(C3CC3)c(CN[C@H](C)CO)cn2)cccc1-c1cccc(NC(=O)c2cc(C3CC3)c(CN3CCCC[C@H]3C(=O)O)cn2)c1C. The molecule has 2 aliphatic carbocycles. The largest absolute Gasteiger partial charge is 0.480 e. The van der Waals surface area contributed by atoms with E-state index in [1.807, 2.05) is 74.2 Å². The Balaban J connectivity index is 1.07. The Morgan fingerprint density at radius 3 is 1.85 bits per heavy atom. The third kappa shape index (κ3) is 8.38. The van der Waals surface area contributed by atoms with Crippen LogP contribution in [0.5, 0.6) is 0 Å². The van der Waals surface area contributed by atoms with Gasteiger partial charge in [0.2, 0.25) is 0 Å². The molecule has 0 radical (unpaired) electrons. The molecule has 0 unspecified atom stereocenters. The molecule has 3 fully saturated rings. The number of aliphatic carboxylic acids is 1. The summed E-state index contributed by atoms with van der Waals surface area (Å²) in [7, 11) is 0. The molecule has 2 amide bonds. The van der Waals surface area contributed by atoms with Gasteiger partial charge in [0.05, 0.1) is 6.61 Å². The van der Waals surface area contributed by atoms with E-state index >= 15 is 0 Å². The van der Waals surface area contributed by atoms with Crippen LogP contribution in [0.4, 0.5) is 11.4 Å². The van der Waals surface area contributed by atoms with Crippen molar-refractivity contribution >= 4 is 29.2 Å². The van der Waals surface area contributed by atoms with Crippen molar-refractivity contribution in [2.75, 3.05) is 23.8 Å². The second-order valence-electron chi connectivity index (χ2n) is 15.2. The lowest BCUT2D eigenvalue weighted by Crippen LogP contribution is -2.44. The molecule has 3 heterocycles. The van der Waals surface area contributed by atoms with E-state index in [0.717, 1.165) is 89.6 Å². The number of amides is 2. The van der Waals surface area contributed by atoms with Gasteiger partial charge in [0.25, 0.3) is 11.8 Å². The van der Waals surface area contributed by atoms with Crippen LogP contribution in [0, 0.1) is 13.8 Å². The summed E-state index contributed by atoms with van der Waals surface area (Å²) in [6.45, 7) is 7.77. The number of hydrogen-bond donors (Lipinski definition) is 5. The van der Waals surface area contributed by atoms with Gasteiger partial charge in [-0.3, -0.25) is 29.3 Å². The average Bonchev–Trinajstić information content (AvgIpc) is 4.11. The molecule has 0 spiro atoms. The Bertz CT molecular complexity index is 2060. The van der Waals surface area contributed by atoms with Crippen molar-refractivity contribution in [3.63, 3.8) is 0 Å². The lowest BCUT2D eigenvalue weighted by molar-refractivity contribution is -0.144. The molecule has 5 N–H and O–H groups in total. The molecule has 0 bridgehead atoms. The van der Waals surface area contributed by atoms with Gasteiger partial charge in [0.1, 0.15) is 17.4 Å². The highest BCUT2D eigenvalue weighted by atomic mass is 16.4. The van der Waals surface area contributed by atoms with Crippen molar-refractivity contribution in [3.05, 3.63) is 106 Å². The van der Waals surface area contributed by atoms with E-state index in [1.165, 1.54) is 0 Å². The molecular formula is C43H50N6O5. The van der Waals surface area contributed by atoms with Crippen molar-refractivity contribution in [2.45, 2.75) is 103 Å². The topological polar surface area (TPSA) is 157 Å². The second kappa shape index (κ2) is 16.2. The quantitative estimate of drug-likeness (QED) is 0.0929. The van der Waals surface area contributed by atoms with E-state index in [9.17, 15) is 24.6 Å². The number of pyridine rings is 2. The first-order valence-electron chi connectivity index (χ1n) is 19.2. The molecule has 1 saturated heterocycles. The summed E-state index contributed by atoms with van der Waals surface area (Å²) < 4.78 is 0. The summed E-state index contributed by atoms with van der Waals surface area (Å²) in [5.41, 5.74) is 9.96. The van der Waals surface area contributed by atoms with E-state index < -0.39 is 12.0 Å². The number of nitrogens with zero attached hydrogens (tertiary/aromatic N) is 3. The molecule has 282 valence electrons. The van der Waals surface area contributed by atoms with Crippen molar-refractivity contribution < 1.29 is 24.6 Å². The van der Waals surface area contributed by atoms with Gasteiger partial charge in [-0.05, 0) is 146 Å². The number of rotatable bonds is 14. The zero-order valence-corrected chi connectivity index (χ0v) is 31.3. The van der Waals surface area contributed by atoms with Crippen molar-refractivity contribution in [2.24, 2.45) is 0 Å². The van der Waals surface area contributed by atoms with Crippen LogP contribution in [-0.2, 0) is 17.9 Å². The van der Waals surface area contributed by atoms with Crippen LogP contribution in [0.15, 0.2) is 60.9 Å². The first-order chi connectivity index (χ1) is 26.1. The predicted octanol–water partition coefficient (Wildman–Crippen LogP) is 6.93. The van der Waals surface area contributed by atoms with Gasteiger partial charge < -0.3 is 26.2 Å². The first kappa shape index (κ1) is 37.3. The number of nitrogens with one attached hydrogen (secondary N) is 3. The number of carboxylic acids is 1. The van der Waals surface area contributed by atoms with Crippen molar-refractivity contribution in [1.82, 2.24) is 20.2 Å². The number of carbonyl (C=O) groups is 3. The molecule has 2 atom stereocenters. The highest BCUT2D eigenvalue weighted by Crippen LogP contribution is 2.43. The Labute approximate surface area is 316 Å². The maximum Gasteiger partial charge on any atom is 0.320 e. The molecule has 4 aromatic rings. The molecule has 2 saturated carbocycles. The molecule has 54 heavy (non-hydrogen) atoms. The summed E-state index contributed by atoms with van der Waals surface area (Å²) >= 11 is 0. The third-order valence-corrected chi connectivity index (χ3v) is 11.2. The molecular weight excluding hydrogens is 681 g/mol. The minimum absolute atomic E-state index is 0.0299. The number of hydrogen-bond acceptors (Lipinski definition) is 8. The summed E-state index contributed by atoms with van der Waals surface area (Å²) in [5, 5.41) is 28.7. The summed E-state index contributed by atoms with van der Waals surface area (Å²) in [4.78, 5) is 50.2. The van der Waals surface area contributed by atoms with Gasteiger partial charge in [-0.1, -0.05) is 30.7 Å². The number of anilines is 2. The molecule has 11 nitrogen and oxygen atoms in total. The Kier molecular flexibility index (Phi) is 11.2. The number of carboxylic acid groups (broad SMARTS) is 1. The van der Waals surface area contributed by atoms with E-state index in [-0.39, 0.29) is 24.5 Å². The maximum atomic E-state index is 13.7. The van der Waals surface area contributed by atoms with Crippen LogP contribution in [-0.4, -0.2) is 68.1 Å². The highest BCUT2D eigenvalue weighted by molar-refractivity contribution is 6.05. The van der Waals surface area contributed by atoms with E-state index in [0.29, 0.717) is 54.1 Å². The van der Waals surface area contributed by atoms with E-state index in [2.05, 4.69) is 25.9 Å². The fourth-order valence-corrected chi connectivity index (χ4v) is 7.60. The second-order valence-corrected chi connectivity index (χ2v) is 15.2. The Morgan fingerprint density at radius 1 is 0.796 bits per heavy atom. The maximum absolute atomic E-state index is 13.7. The standard InChI is InChI=1S/C43H50N6O5/c1-25(24-50)44-20-30-21-45-38(18-34(30)28-13-14-28)41(51)47-36-10-6-8-32(26(36)2)33-9-7-11-37(27(33)3)48-42(52)39-19-35(29-15-16-29)31(22-46-39)23-49-17-5-4-12-40(49)43(53)54/h6-11,18-19,21-22,25,28-29,40,44,50H,4-5,12-17,20,23-24H2,1-3H3,(H,47,51)(H,48,52)(H,53,54)/t25-,40+/m1/s1. The smallest absolute Gasteiger partial charge is 0.320 e. The van der Waals surface area contributed by atoms with Crippen LogP contribution >= 0.6 is 0 Å².